The van der Waals surface area contributed by atoms with Crippen LogP contribution in [0.15, 0.2) is 41.4 Å². The molecular weight excluding hydrogens is 366 g/mol. The number of H-pyrrole nitrogens is 1. The maximum atomic E-state index is 12.6. The number of carbonyl (C=O) groups excluding carboxylic acids is 1. The molecule has 0 aliphatic carbocycles. The first-order valence-electron chi connectivity index (χ1n) is 8.96. The minimum Gasteiger partial charge on any atom is -0.356 e. The monoisotopic (exact) mass is 387 g/mol. The standard InChI is InChI=1S/C18H21N5O3S/c1-2-23-16-8-4-3-7-14(16)20-18(23)21-17(24)15-11-13(12-19-15)27(25,26)22-9-5-6-10-22/h3-4,7-8,11-12,19H,2,5-6,9-10H2,1H3,(H,20,21,24). The number of hydrogen-bond donors (Lipinski definition) is 2. The Morgan fingerprint density at radius 1 is 1.26 bits per heavy atom. The van der Waals surface area contributed by atoms with Gasteiger partial charge in [0.25, 0.3) is 5.91 Å². The van der Waals surface area contributed by atoms with Crippen molar-refractivity contribution in [3.8, 4) is 0 Å². The van der Waals surface area contributed by atoms with Gasteiger partial charge in [0.1, 0.15) is 10.6 Å². The molecule has 1 aromatic carbocycles. The summed E-state index contributed by atoms with van der Waals surface area (Å²) in [6, 6.07) is 9.01. The molecule has 4 rings (SSSR count). The first-order valence-corrected chi connectivity index (χ1v) is 10.4. The molecule has 1 aliphatic heterocycles. The Hall–Kier alpha value is -2.65. The van der Waals surface area contributed by atoms with E-state index in [4.69, 9.17) is 0 Å². The van der Waals surface area contributed by atoms with E-state index in [1.165, 1.54) is 16.6 Å². The molecule has 1 fully saturated rings. The quantitative estimate of drug-likeness (QED) is 0.702. The number of fused-ring (bicyclic) bond motifs is 1. The molecule has 2 N–H and O–H groups in total. The predicted molar refractivity (Wildman–Crippen MR) is 102 cm³/mol. The Balaban J connectivity index is 1.59. The summed E-state index contributed by atoms with van der Waals surface area (Å²) >= 11 is 0. The molecule has 0 saturated carbocycles. The number of imidazole rings is 1. The van der Waals surface area contributed by atoms with Crippen molar-refractivity contribution >= 4 is 32.9 Å². The molecule has 1 aliphatic rings. The average Bonchev–Trinajstić information content (AvgIpc) is 3.40. The topological polar surface area (TPSA) is 100 Å². The van der Waals surface area contributed by atoms with Gasteiger partial charge in [-0.25, -0.2) is 13.4 Å². The number of amides is 1. The summed E-state index contributed by atoms with van der Waals surface area (Å²) in [6.07, 6.45) is 3.10. The Morgan fingerprint density at radius 3 is 2.74 bits per heavy atom. The van der Waals surface area contributed by atoms with Crippen molar-refractivity contribution < 1.29 is 13.2 Å². The van der Waals surface area contributed by atoms with Gasteiger partial charge in [0.2, 0.25) is 16.0 Å². The van der Waals surface area contributed by atoms with Crippen LogP contribution in [0.4, 0.5) is 5.95 Å². The van der Waals surface area contributed by atoms with Crippen LogP contribution in [0.3, 0.4) is 0 Å². The first-order chi connectivity index (χ1) is 13.0. The number of benzene rings is 1. The van der Waals surface area contributed by atoms with Gasteiger partial charge in [0, 0.05) is 25.8 Å². The van der Waals surface area contributed by atoms with E-state index in [2.05, 4.69) is 15.3 Å². The molecule has 0 spiro atoms. The molecular formula is C18H21N5O3S. The van der Waals surface area contributed by atoms with Crippen LogP contribution in [-0.4, -0.2) is 46.3 Å². The molecule has 2 aromatic heterocycles. The molecule has 8 nitrogen and oxygen atoms in total. The number of aromatic amines is 1. The number of sulfonamides is 1. The van der Waals surface area contributed by atoms with Crippen molar-refractivity contribution in [3.05, 3.63) is 42.2 Å². The van der Waals surface area contributed by atoms with E-state index in [9.17, 15) is 13.2 Å². The van der Waals surface area contributed by atoms with E-state index in [-0.39, 0.29) is 10.6 Å². The van der Waals surface area contributed by atoms with Crippen LogP contribution in [-0.2, 0) is 16.6 Å². The minimum atomic E-state index is -3.56. The fraction of sp³-hybridized carbons (Fsp3) is 0.333. The molecule has 3 aromatic rings. The van der Waals surface area contributed by atoms with Gasteiger partial charge in [0.15, 0.2) is 0 Å². The van der Waals surface area contributed by atoms with Gasteiger partial charge in [-0.1, -0.05) is 12.1 Å². The lowest BCUT2D eigenvalue weighted by Crippen LogP contribution is -2.27. The molecule has 3 heterocycles. The second kappa shape index (κ2) is 6.82. The second-order valence-corrected chi connectivity index (χ2v) is 8.42. The highest BCUT2D eigenvalue weighted by molar-refractivity contribution is 7.89. The number of carbonyl (C=O) groups is 1. The maximum Gasteiger partial charge on any atom is 0.274 e. The van der Waals surface area contributed by atoms with E-state index >= 15 is 0 Å². The van der Waals surface area contributed by atoms with Crippen LogP contribution in [0.5, 0.6) is 0 Å². The number of anilines is 1. The smallest absolute Gasteiger partial charge is 0.274 e. The largest absolute Gasteiger partial charge is 0.356 e. The third-order valence-electron chi connectivity index (χ3n) is 4.80. The van der Waals surface area contributed by atoms with Crippen LogP contribution in [0.1, 0.15) is 30.3 Å². The van der Waals surface area contributed by atoms with E-state index in [1.807, 2.05) is 35.8 Å². The molecule has 0 radical (unpaired) electrons. The van der Waals surface area contributed by atoms with Crippen LogP contribution in [0, 0.1) is 0 Å². The van der Waals surface area contributed by atoms with Crippen LogP contribution in [0.2, 0.25) is 0 Å². The number of aromatic nitrogens is 3. The highest BCUT2D eigenvalue weighted by atomic mass is 32.2. The summed E-state index contributed by atoms with van der Waals surface area (Å²) in [5, 5.41) is 2.77. The molecule has 0 atom stereocenters. The van der Waals surface area contributed by atoms with Gasteiger partial charge >= 0.3 is 0 Å². The summed E-state index contributed by atoms with van der Waals surface area (Å²) in [7, 11) is -3.56. The SMILES string of the molecule is CCn1c(NC(=O)c2cc(S(=O)(=O)N3CCCC3)c[nH]2)nc2ccccc21. The minimum absolute atomic E-state index is 0.110. The molecule has 9 heteroatoms. The highest BCUT2D eigenvalue weighted by Crippen LogP contribution is 2.23. The summed E-state index contributed by atoms with van der Waals surface area (Å²) in [4.78, 5) is 20.0. The zero-order valence-electron chi connectivity index (χ0n) is 15.0. The molecule has 142 valence electrons. The summed E-state index contributed by atoms with van der Waals surface area (Å²) in [6.45, 7) is 3.67. The lowest BCUT2D eigenvalue weighted by atomic mass is 10.3. The average molecular weight is 387 g/mol. The first kappa shape index (κ1) is 17.7. The van der Waals surface area contributed by atoms with Gasteiger partial charge in [-0.3, -0.25) is 10.1 Å². The predicted octanol–water partition coefficient (Wildman–Crippen LogP) is 2.42. The van der Waals surface area contributed by atoms with Crippen LogP contribution in [0.25, 0.3) is 11.0 Å². The number of nitrogens with zero attached hydrogens (tertiary/aromatic N) is 3. The maximum absolute atomic E-state index is 12.6. The lowest BCUT2D eigenvalue weighted by Gasteiger charge is -2.13. The van der Waals surface area contributed by atoms with Crippen molar-refractivity contribution in [1.82, 2.24) is 18.8 Å². The number of aryl methyl sites for hydroxylation is 1. The van der Waals surface area contributed by atoms with Crippen LogP contribution < -0.4 is 5.32 Å². The lowest BCUT2D eigenvalue weighted by molar-refractivity contribution is 0.102. The summed E-state index contributed by atoms with van der Waals surface area (Å²) < 4.78 is 28.6. The Morgan fingerprint density at radius 2 is 2.00 bits per heavy atom. The number of nitrogens with one attached hydrogen (secondary N) is 2. The van der Waals surface area contributed by atoms with E-state index in [0.717, 1.165) is 23.9 Å². The van der Waals surface area contributed by atoms with Gasteiger partial charge in [-0.15, -0.1) is 0 Å². The van der Waals surface area contributed by atoms with Gasteiger partial charge in [-0.2, -0.15) is 4.31 Å². The van der Waals surface area contributed by atoms with E-state index < -0.39 is 15.9 Å². The summed E-state index contributed by atoms with van der Waals surface area (Å²) in [5.74, 6) is 0.00475. The van der Waals surface area contributed by atoms with E-state index in [0.29, 0.717) is 25.6 Å². The van der Waals surface area contributed by atoms with Gasteiger partial charge < -0.3 is 9.55 Å². The van der Waals surface area contributed by atoms with Gasteiger partial charge in [0.05, 0.1) is 11.0 Å². The normalized spacial score (nSPS) is 15.4. The third-order valence-corrected chi connectivity index (χ3v) is 6.68. The molecule has 27 heavy (non-hydrogen) atoms. The number of para-hydroxylation sites is 2. The Kier molecular flexibility index (Phi) is 4.48. The van der Waals surface area contributed by atoms with Crippen molar-refractivity contribution in [2.24, 2.45) is 0 Å². The zero-order valence-corrected chi connectivity index (χ0v) is 15.8. The number of rotatable bonds is 5. The molecule has 0 unspecified atom stereocenters. The molecule has 0 bridgehead atoms. The third kappa shape index (κ3) is 3.13. The van der Waals surface area contributed by atoms with Crippen molar-refractivity contribution in [1.29, 1.82) is 0 Å². The fourth-order valence-electron chi connectivity index (χ4n) is 3.39. The van der Waals surface area contributed by atoms with Crippen LogP contribution >= 0.6 is 0 Å². The molecule has 1 saturated heterocycles. The summed E-state index contributed by atoms with van der Waals surface area (Å²) in [5.41, 5.74) is 1.90. The number of hydrogen-bond acceptors (Lipinski definition) is 4. The van der Waals surface area contributed by atoms with Crippen molar-refractivity contribution in [3.63, 3.8) is 0 Å². The molecule has 1 amide bonds. The zero-order chi connectivity index (χ0) is 19.0. The van der Waals surface area contributed by atoms with Gasteiger partial charge in [-0.05, 0) is 38.0 Å². The Labute approximate surface area is 157 Å². The van der Waals surface area contributed by atoms with Crippen molar-refractivity contribution in [2.75, 3.05) is 18.4 Å². The second-order valence-electron chi connectivity index (χ2n) is 6.48. The van der Waals surface area contributed by atoms with Crippen molar-refractivity contribution in [2.45, 2.75) is 31.2 Å². The van der Waals surface area contributed by atoms with E-state index in [1.54, 1.807) is 0 Å². The highest BCUT2D eigenvalue weighted by Gasteiger charge is 2.28. The fourth-order valence-corrected chi connectivity index (χ4v) is 4.90. The Bertz CT molecular complexity index is 1090.